The molecule has 0 spiro atoms. The highest BCUT2D eigenvalue weighted by Gasteiger charge is 2.19. The van der Waals surface area contributed by atoms with Gasteiger partial charge in [-0.25, -0.2) is 0 Å². The van der Waals surface area contributed by atoms with Crippen LogP contribution in [0.25, 0.3) is 0 Å². The van der Waals surface area contributed by atoms with Crippen LogP contribution in [0, 0.1) is 0 Å². The summed E-state index contributed by atoms with van der Waals surface area (Å²) in [6, 6.07) is 17.8. The number of aliphatic hydroxyl groups excluding tert-OH is 1. The Kier molecular flexibility index (Phi) is 3.88. The van der Waals surface area contributed by atoms with Crippen LogP contribution in [0.3, 0.4) is 0 Å². The van der Waals surface area contributed by atoms with Gasteiger partial charge in [-0.15, -0.1) is 0 Å². The summed E-state index contributed by atoms with van der Waals surface area (Å²) in [5.74, 6) is 0.908. The molecule has 1 atom stereocenters. The van der Waals surface area contributed by atoms with Crippen molar-refractivity contribution in [2.45, 2.75) is 12.5 Å². The lowest BCUT2D eigenvalue weighted by molar-refractivity contribution is 0.183. The van der Waals surface area contributed by atoms with Gasteiger partial charge >= 0.3 is 0 Å². The molecule has 0 amide bonds. The third kappa shape index (κ3) is 2.78. The second-order valence-corrected chi connectivity index (χ2v) is 5.04. The van der Waals surface area contributed by atoms with E-state index in [9.17, 15) is 5.11 Å². The van der Waals surface area contributed by atoms with Crippen molar-refractivity contribution in [3.05, 3.63) is 60.2 Å². The van der Waals surface area contributed by atoms with Gasteiger partial charge in [0.2, 0.25) is 0 Å². The normalized spacial score (nSPS) is 15.9. The van der Waals surface area contributed by atoms with E-state index in [1.807, 2.05) is 48.5 Å². The van der Waals surface area contributed by atoms with Crippen molar-refractivity contribution in [2.24, 2.45) is 0 Å². The Hall–Kier alpha value is -2.00. The molecule has 3 heteroatoms. The summed E-state index contributed by atoms with van der Waals surface area (Å²) >= 11 is 0. The van der Waals surface area contributed by atoms with Crippen LogP contribution in [0.2, 0.25) is 0 Å². The molecular formula is C17H19NO2. The van der Waals surface area contributed by atoms with Gasteiger partial charge in [-0.3, -0.25) is 0 Å². The van der Waals surface area contributed by atoms with Crippen LogP contribution in [-0.2, 0) is 0 Å². The lowest BCUT2D eigenvalue weighted by Gasteiger charge is -2.26. The third-order valence-corrected chi connectivity index (χ3v) is 3.61. The maximum Gasteiger partial charge on any atom is 0.142 e. The van der Waals surface area contributed by atoms with E-state index < -0.39 is 6.10 Å². The second-order valence-electron chi connectivity index (χ2n) is 5.04. The predicted molar refractivity (Wildman–Crippen MR) is 80.2 cm³/mol. The van der Waals surface area contributed by atoms with Crippen molar-refractivity contribution in [1.29, 1.82) is 0 Å². The highest BCUT2D eigenvalue weighted by atomic mass is 16.5. The van der Waals surface area contributed by atoms with Gasteiger partial charge in [-0.2, -0.15) is 0 Å². The van der Waals surface area contributed by atoms with Gasteiger partial charge < -0.3 is 14.7 Å². The number of anilines is 1. The first kappa shape index (κ1) is 13.0. The molecular weight excluding hydrogens is 250 g/mol. The number of fused-ring (bicyclic) bond motifs is 1. The minimum absolute atomic E-state index is 0.484. The maximum absolute atomic E-state index is 10.4. The monoisotopic (exact) mass is 269 g/mol. The molecule has 0 bridgehead atoms. The molecule has 1 aliphatic heterocycles. The maximum atomic E-state index is 10.4. The van der Waals surface area contributed by atoms with Crippen molar-refractivity contribution in [1.82, 2.24) is 0 Å². The largest absolute Gasteiger partial charge is 0.491 e. The fourth-order valence-electron chi connectivity index (χ4n) is 2.58. The number of β-amino-alcohol motifs (C(OH)–C–C–N with tert-alkyl or cyclic N) is 1. The van der Waals surface area contributed by atoms with Crippen molar-refractivity contribution >= 4 is 5.69 Å². The summed E-state index contributed by atoms with van der Waals surface area (Å²) < 4.78 is 5.74. The lowest BCUT2D eigenvalue weighted by atomic mass is 10.1. The van der Waals surface area contributed by atoms with Crippen molar-refractivity contribution in [3.8, 4) is 5.75 Å². The van der Waals surface area contributed by atoms with Crippen LogP contribution in [0.5, 0.6) is 5.75 Å². The van der Waals surface area contributed by atoms with Gasteiger partial charge in [0.05, 0.1) is 18.4 Å². The Bertz CT molecular complexity index is 556. The Morgan fingerprint density at radius 3 is 2.65 bits per heavy atom. The highest BCUT2D eigenvalue weighted by Crippen LogP contribution is 2.31. The fourth-order valence-corrected chi connectivity index (χ4v) is 2.58. The summed E-state index contributed by atoms with van der Waals surface area (Å²) in [4.78, 5) is 2.21. The zero-order chi connectivity index (χ0) is 13.8. The Morgan fingerprint density at radius 2 is 1.80 bits per heavy atom. The zero-order valence-corrected chi connectivity index (χ0v) is 11.4. The van der Waals surface area contributed by atoms with Gasteiger partial charge in [0, 0.05) is 13.1 Å². The van der Waals surface area contributed by atoms with Crippen molar-refractivity contribution < 1.29 is 9.84 Å². The number of hydrogen-bond donors (Lipinski definition) is 1. The molecule has 1 N–H and O–H groups in total. The molecule has 0 fully saturated rings. The first-order valence-corrected chi connectivity index (χ1v) is 7.04. The highest BCUT2D eigenvalue weighted by molar-refractivity contribution is 5.59. The van der Waals surface area contributed by atoms with Gasteiger partial charge in [0.1, 0.15) is 5.75 Å². The van der Waals surface area contributed by atoms with E-state index in [4.69, 9.17) is 4.74 Å². The molecule has 1 unspecified atom stereocenters. The van der Waals surface area contributed by atoms with Gasteiger partial charge in [-0.05, 0) is 24.1 Å². The third-order valence-electron chi connectivity index (χ3n) is 3.61. The van der Waals surface area contributed by atoms with Crippen molar-refractivity contribution in [3.63, 3.8) is 0 Å². The lowest BCUT2D eigenvalue weighted by Crippen LogP contribution is -2.29. The number of hydrogen-bond acceptors (Lipinski definition) is 3. The number of para-hydroxylation sites is 2. The molecule has 2 aromatic carbocycles. The molecule has 3 rings (SSSR count). The van der Waals surface area contributed by atoms with E-state index in [1.54, 1.807) is 0 Å². The topological polar surface area (TPSA) is 32.7 Å². The molecule has 0 aromatic heterocycles. The Labute approximate surface area is 119 Å². The number of benzene rings is 2. The first-order valence-electron chi connectivity index (χ1n) is 7.04. The van der Waals surface area contributed by atoms with Crippen LogP contribution in [0.15, 0.2) is 54.6 Å². The molecule has 0 saturated carbocycles. The van der Waals surface area contributed by atoms with Gasteiger partial charge in [-0.1, -0.05) is 42.5 Å². The molecule has 0 saturated heterocycles. The zero-order valence-electron chi connectivity index (χ0n) is 11.4. The summed E-state index contributed by atoms with van der Waals surface area (Å²) in [5.41, 5.74) is 2.02. The summed E-state index contributed by atoms with van der Waals surface area (Å²) in [5, 5.41) is 10.4. The van der Waals surface area contributed by atoms with E-state index in [2.05, 4.69) is 11.0 Å². The molecule has 1 aliphatic rings. The molecule has 3 nitrogen and oxygen atoms in total. The predicted octanol–water partition coefficient (Wildman–Crippen LogP) is 3.01. The average Bonchev–Trinajstić information content (AvgIpc) is 2.71. The van der Waals surface area contributed by atoms with Crippen LogP contribution < -0.4 is 9.64 Å². The smallest absolute Gasteiger partial charge is 0.142 e. The molecule has 0 aliphatic carbocycles. The number of ether oxygens (including phenoxy) is 1. The SMILES string of the molecule is OC(CN1CCCOc2ccccc21)c1ccccc1. The molecule has 104 valence electrons. The average molecular weight is 269 g/mol. The first-order chi connectivity index (χ1) is 9.84. The van der Waals surface area contributed by atoms with Gasteiger partial charge in [0.25, 0.3) is 0 Å². The van der Waals surface area contributed by atoms with Crippen LogP contribution >= 0.6 is 0 Å². The van der Waals surface area contributed by atoms with E-state index in [0.29, 0.717) is 6.54 Å². The van der Waals surface area contributed by atoms with E-state index in [-0.39, 0.29) is 0 Å². The molecule has 2 aromatic rings. The van der Waals surface area contributed by atoms with Crippen LogP contribution in [-0.4, -0.2) is 24.8 Å². The number of aliphatic hydroxyl groups is 1. The quantitative estimate of drug-likeness (QED) is 0.929. The molecule has 1 heterocycles. The van der Waals surface area contributed by atoms with E-state index in [0.717, 1.165) is 36.6 Å². The number of nitrogens with zero attached hydrogens (tertiary/aromatic N) is 1. The standard InChI is InChI=1S/C17H19NO2/c19-16(14-7-2-1-3-8-14)13-18-11-6-12-20-17-10-5-4-9-15(17)18/h1-5,7-10,16,19H,6,11-13H2. The Morgan fingerprint density at radius 1 is 1.05 bits per heavy atom. The summed E-state index contributed by atoms with van der Waals surface area (Å²) in [6.45, 7) is 2.22. The van der Waals surface area contributed by atoms with E-state index in [1.165, 1.54) is 0 Å². The second kappa shape index (κ2) is 5.97. The fraction of sp³-hybridized carbons (Fsp3) is 0.294. The molecule has 0 radical (unpaired) electrons. The minimum Gasteiger partial charge on any atom is -0.491 e. The Balaban J connectivity index is 1.80. The number of rotatable bonds is 3. The minimum atomic E-state index is -0.484. The van der Waals surface area contributed by atoms with Gasteiger partial charge in [0.15, 0.2) is 0 Å². The van der Waals surface area contributed by atoms with Crippen LogP contribution in [0.1, 0.15) is 18.1 Å². The van der Waals surface area contributed by atoms with Crippen LogP contribution in [0.4, 0.5) is 5.69 Å². The van der Waals surface area contributed by atoms with Crippen molar-refractivity contribution in [2.75, 3.05) is 24.6 Å². The van der Waals surface area contributed by atoms with E-state index >= 15 is 0 Å². The summed E-state index contributed by atoms with van der Waals surface area (Å²) in [7, 11) is 0. The summed E-state index contributed by atoms with van der Waals surface area (Å²) in [6.07, 6.45) is 0.485. The molecule has 20 heavy (non-hydrogen) atoms.